The van der Waals surface area contributed by atoms with Gasteiger partial charge in [-0.1, -0.05) is 76.9 Å². The van der Waals surface area contributed by atoms with Crippen molar-refractivity contribution in [3.8, 4) is 0 Å². The smallest absolute Gasteiger partial charge is 0.333 e. The summed E-state index contributed by atoms with van der Waals surface area (Å²) in [5, 5.41) is 0. The molecule has 0 fully saturated rings. The summed E-state index contributed by atoms with van der Waals surface area (Å²) in [5.74, 6) is -1.02. The molecule has 1 atom stereocenters. The summed E-state index contributed by atoms with van der Waals surface area (Å²) in [5.41, 5.74) is 0.604. The number of carbonyl (C=O) groups is 2. The van der Waals surface area contributed by atoms with Crippen molar-refractivity contribution in [2.75, 3.05) is 19.8 Å². The summed E-state index contributed by atoms with van der Waals surface area (Å²) in [6.45, 7) is 23.3. The first-order chi connectivity index (χ1) is 13.8. The lowest BCUT2D eigenvalue weighted by atomic mass is 10.3. The van der Waals surface area contributed by atoms with E-state index in [1.165, 1.54) is 30.6 Å². The summed E-state index contributed by atoms with van der Waals surface area (Å²) in [6.07, 6.45) is 1.65. The van der Waals surface area contributed by atoms with Crippen molar-refractivity contribution in [2.24, 2.45) is 0 Å². The number of esters is 2. The second-order valence-electron chi connectivity index (χ2n) is 9.94. The third-order valence-corrected chi connectivity index (χ3v) is 12.5. The SMILES string of the molecule is C=C(C)C(=O)OCC(COCCC[Si](C)(C)CC[Si](C)(C)CCC)OC(=O)C(=C)C. The van der Waals surface area contributed by atoms with E-state index < -0.39 is 34.2 Å². The molecule has 0 radical (unpaired) electrons. The standard InChI is InChI=1S/C23H44O5Si2/c1-10-13-29(6,7)15-16-30(8,9)14-11-12-26-17-21(28-23(25)20(4)5)18-27-22(24)19(2)3/h21H,2,4,10-18H2,1,3,5-9H3. The summed E-state index contributed by atoms with van der Waals surface area (Å²) in [6, 6.07) is 5.46. The summed E-state index contributed by atoms with van der Waals surface area (Å²) in [7, 11) is -2.26. The Kier molecular flexibility index (Phi) is 13.4. The van der Waals surface area contributed by atoms with Crippen LogP contribution in [0.4, 0.5) is 0 Å². The van der Waals surface area contributed by atoms with Crippen LogP contribution in [0.2, 0.25) is 50.4 Å². The maximum atomic E-state index is 11.8. The van der Waals surface area contributed by atoms with Gasteiger partial charge in [-0.05, 0) is 20.3 Å². The van der Waals surface area contributed by atoms with Gasteiger partial charge in [-0.15, -0.1) is 0 Å². The molecule has 0 heterocycles. The van der Waals surface area contributed by atoms with Gasteiger partial charge in [0.05, 0.1) is 6.61 Å². The van der Waals surface area contributed by atoms with Gasteiger partial charge in [0.1, 0.15) is 6.61 Å². The predicted octanol–water partition coefficient (Wildman–Crippen LogP) is 5.83. The van der Waals surface area contributed by atoms with Crippen molar-refractivity contribution in [2.45, 2.75) is 90.1 Å². The second kappa shape index (κ2) is 14.0. The normalized spacial score (nSPS) is 12.9. The molecule has 0 saturated heterocycles. The van der Waals surface area contributed by atoms with Crippen LogP contribution in [0.25, 0.3) is 0 Å². The highest BCUT2D eigenvalue weighted by Gasteiger charge is 2.26. The molecular weight excluding hydrogens is 412 g/mol. The monoisotopic (exact) mass is 456 g/mol. The first-order valence-electron chi connectivity index (χ1n) is 11.1. The first-order valence-corrected chi connectivity index (χ1v) is 17.9. The van der Waals surface area contributed by atoms with Crippen LogP contribution in [-0.4, -0.2) is 54.0 Å². The molecule has 0 aromatic heterocycles. The van der Waals surface area contributed by atoms with Gasteiger partial charge in [-0.2, -0.15) is 0 Å². The van der Waals surface area contributed by atoms with Crippen molar-refractivity contribution in [1.29, 1.82) is 0 Å². The number of carbonyl (C=O) groups excluding carboxylic acids is 2. The van der Waals surface area contributed by atoms with Crippen molar-refractivity contribution in [3.05, 3.63) is 24.3 Å². The molecule has 0 aliphatic heterocycles. The van der Waals surface area contributed by atoms with Gasteiger partial charge in [0, 0.05) is 33.9 Å². The van der Waals surface area contributed by atoms with Crippen LogP contribution < -0.4 is 0 Å². The zero-order valence-electron chi connectivity index (χ0n) is 20.4. The van der Waals surface area contributed by atoms with E-state index in [0.717, 1.165) is 6.42 Å². The van der Waals surface area contributed by atoms with Crippen LogP contribution in [0, 0.1) is 0 Å². The van der Waals surface area contributed by atoms with Crippen molar-refractivity contribution in [3.63, 3.8) is 0 Å². The minimum atomic E-state index is -1.22. The number of hydrogen-bond acceptors (Lipinski definition) is 5. The molecule has 0 bridgehead atoms. The minimum absolute atomic E-state index is 0.0535. The predicted molar refractivity (Wildman–Crippen MR) is 130 cm³/mol. The molecule has 0 spiro atoms. The zero-order chi connectivity index (χ0) is 23.4. The highest BCUT2D eigenvalue weighted by molar-refractivity contribution is 6.82. The van der Waals surface area contributed by atoms with E-state index in [0.29, 0.717) is 17.8 Å². The third kappa shape index (κ3) is 13.9. The van der Waals surface area contributed by atoms with E-state index in [4.69, 9.17) is 14.2 Å². The van der Waals surface area contributed by atoms with E-state index in [1.54, 1.807) is 13.8 Å². The summed E-state index contributed by atoms with van der Waals surface area (Å²) in [4.78, 5) is 23.4. The van der Waals surface area contributed by atoms with Crippen molar-refractivity contribution in [1.82, 2.24) is 0 Å². The van der Waals surface area contributed by atoms with E-state index in [9.17, 15) is 9.59 Å². The minimum Gasteiger partial charge on any atom is -0.458 e. The molecule has 0 rings (SSSR count). The molecule has 0 aromatic rings. The number of rotatable bonds is 16. The fraction of sp³-hybridized carbons (Fsp3) is 0.739. The molecule has 0 N–H and O–H groups in total. The molecule has 5 nitrogen and oxygen atoms in total. The van der Waals surface area contributed by atoms with Crippen LogP contribution in [0.1, 0.15) is 33.6 Å². The van der Waals surface area contributed by atoms with Gasteiger partial charge in [-0.3, -0.25) is 0 Å². The Hall–Kier alpha value is -1.19. The molecule has 0 saturated carbocycles. The van der Waals surface area contributed by atoms with Crippen molar-refractivity contribution >= 4 is 28.1 Å². The maximum absolute atomic E-state index is 11.8. The van der Waals surface area contributed by atoms with E-state index in [1.807, 2.05) is 0 Å². The Morgan fingerprint density at radius 1 is 0.833 bits per heavy atom. The summed E-state index contributed by atoms with van der Waals surface area (Å²) < 4.78 is 16.2. The highest BCUT2D eigenvalue weighted by Crippen LogP contribution is 2.27. The number of hydrogen-bond donors (Lipinski definition) is 0. The Labute approximate surface area is 186 Å². The average molecular weight is 457 g/mol. The van der Waals surface area contributed by atoms with E-state index in [2.05, 4.69) is 46.3 Å². The van der Waals surface area contributed by atoms with Crippen LogP contribution in [0.3, 0.4) is 0 Å². The Bertz CT molecular complexity index is 584. The molecule has 7 heteroatoms. The fourth-order valence-corrected chi connectivity index (χ4v) is 11.5. The molecule has 30 heavy (non-hydrogen) atoms. The largest absolute Gasteiger partial charge is 0.458 e. The van der Waals surface area contributed by atoms with Gasteiger partial charge in [0.2, 0.25) is 0 Å². The molecule has 1 unspecified atom stereocenters. The second-order valence-corrected chi connectivity index (χ2v) is 20.6. The quantitative estimate of drug-likeness (QED) is 0.127. The van der Waals surface area contributed by atoms with Crippen LogP contribution in [0.15, 0.2) is 24.3 Å². The molecule has 0 amide bonds. The Morgan fingerprint density at radius 3 is 1.87 bits per heavy atom. The first kappa shape index (κ1) is 28.8. The van der Waals surface area contributed by atoms with Gasteiger partial charge in [-0.25, -0.2) is 9.59 Å². The molecule has 174 valence electrons. The number of ether oxygens (including phenoxy) is 3. The van der Waals surface area contributed by atoms with E-state index >= 15 is 0 Å². The van der Waals surface area contributed by atoms with Crippen LogP contribution >= 0.6 is 0 Å². The van der Waals surface area contributed by atoms with Gasteiger partial charge >= 0.3 is 11.9 Å². The Morgan fingerprint density at radius 2 is 1.37 bits per heavy atom. The molecule has 0 aromatic carbocycles. The zero-order valence-corrected chi connectivity index (χ0v) is 22.4. The molecular formula is C23H44O5Si2. The van der Waals surface area contributed by atoms with Gasteiger partial charge in [0.15, 0.2) is 6.10 Å². The average Bonchev–Trinajstić information content (AvgIpc) is 2.63. The molecule has 0 aliphatic rings. The summed E-state index contributed by atoms with van der Waals surface area (Å²) >= 11 is 0. The van der Waals surface area contributed by atoms with Gasteiger partial charge in [0.25, 0.3) is 0 Å². The van der Waals surface area contributed by atoms with Crippen LogP contribution in [0.5, 0.6) is 0 Å². The third-order valence-electron chi connectivity index (χ3n) is 5.22. The Balaban J connectivity index is 4.41. The van der Waals surface area contributed by atoms with Crippen LogP contribution in [-0.2, 0) is 23.8 Å². The fourth-order valence-electron chi connectivity index (χ4n) is 3.13. The lowest BCUT2D eigenvalue weighted by molar-refractivity contribution is -0.157. The molecule has 0 aliphatic carbocycles. The highest BCUT2D eigenvalue weighted by atomic mass is 28.3. The van der Waals surface area contributed by atoms with Crippen molar-refractivity contribution < 1.29 is 23.8 Å². The van der Waals surface area contributed by atoms with E-state index in [-0.39, 0.29) is 13.2 Å². The lowest BCUT2D eigenvalue weighted by Gasteiger charge is -2.28. The maximum Gasteiger partial charge on any atom is 0.333 e. The van der Waals surface area contributed by atoms with Gasteiger partial charge < -0.3 is 14.2 Å². The lowest BCUT2D eigenvalue weighted by Crippen LogP contribution is -2.32. The topological polar surface area (TPSA) is 61.8 Å².